The first-order valence-corrected chi connectivity index (χ1v) is 8.44. The quantitative estimate of drug-likeness (QED) is 0.786. The fourth-order valence-electron chi connectivity index (χ4n) is 1.97. The lowest BCUT2D eigenvalue weighted by Gasteiger charge is -2.17. The molecule has 2 aromatic carbocycles. The number of halogens is 1. The third-order valence-corrected chi connectivity index (χ3v) is 5.36. The van der Waals surface area contributed by atoms with Crippen LogP contribution in [-0.4, -0.2) is 25.6 Å². The van der Waals surface area contributed by atoms with Crippen LogP contribution in [0.15, 0.2) is 53.4 Å². The molecule has 0 radical (unpaired) electrons. The highest BCUT2D eigenvalue weighted by molar-refractivity contribution is 7.89. The Hall–Kier alpha value is -1.69. The highest BCUT2D eigenvalue weighted by Gasteiger charge is 2.21. The Morgan fingerprint density at radius 2 is 1.59 bits per heavy atom. The molecule has 2 aromatic rings. The molecule has 2 rings (SSSR count). The molecule has 0 saturated heterocycles. The molecule has 0 aliphatic rings. The summed E-state index contributed by atoms with van der Waals surface area (Å²) in [5.41, 5.74) is 1.33. The normalized spacial score (nSPS) is 11.6. The van der Waals surface area contributed by atoms with Crippen LogP contribution in [0.5, 0.6) is 0 Å². The van der Waals surface area contributed by atoms with Crippen LogP contribution in [-0.2, 0) is 16.6 Å². The topological polar surface area (TPSA) is 54.5 Å². The van der Waals surface area contributed by atoms with Gasteiger partial charge in [-0.25, -0.2) is 8.42 Å². The van der Waals surface area contributed by atoms with Crippen molar-refractivity contribution in [2.45, 2.75) is 18.4 Å². The average Bonchev–Trinajstić information content (AvgIpc) is 2.49. The van der Waals surface area contributed by atoms with Crippen molar-refractivity contribution in [3.8, 4) is 0 Å². The van der Waals surface area contributed by atoms with Gasteiger partial charge in [0.2, 0.25) is 10.0 Å². The number of benzene rings is 2. The largest absolute Gasteiger partial charge is 0.295 e. The fourth-order valence-corrected chi connectivity index (χ4v) is 3.26. The second-order valence-electron chi connectivity index (χ2n) is 4.97. The summed E-state index contributed by atoms with van der Waals surface area (Å²) in [5.74, 6) is -0.0986. The summed E-state index contributed by atoms with van der Waals surface area (Å²) >= 11 is 5.81. The Balaban J connectivity index is 2.21. The average molecular weight is 338 g/mol. The number of sulfonamides is 1. The number of carbonyl (C=O) groups excluding carboxylic acids is 1. The van der Waals surface area contributed by atoms with Crippen molar-refractivity contribution in [3.05, 3.63) is 64.7 Å². The highest BCUT2D eigenvalue weighted by Crippen LogP contribution is 2.18. The van der Waals surface area contributed by atoms with E-state index in [1.165, 1.54) is 42.5 Å². The molecule has 0 saturated carbocycles. The monoisotopic (exact) mass is 337 g/mol. The van der Waals surface area contributed by atoms with E-state index in [9.17, 15) is 13.2 Å². The molecule has 0 heterocycles. The van der Waals surface area contributed by atoms with Crippen molar-refractivity contribution in [1.29, 1.82) is 0 Å². The van der Waals surface area contributed by atoms with Gasteiger partial charge in [-0.15, -0.1) is 0 Å². The molecule has 0 N–H and O–H groups in total. The van der Waals surface area contributed by atoms with Crippen molar-refractivity contribution < 1.29 is 13.2 Å². The number of ketones is 1. The van der Waals surface area contributed by atoms with Crippen LogP contribution in [0.3, 0.4) is 0 Å². The Morgan fingerprint density at radius 3 is 2.09 bits per heavy atom. The molecule has 4 nitrogen and oxygen atoms in total. The maximum atomic E-state index is 12.5. The van der Waals surface area contributed by atoms with Gasteiger partial charge in [0.05, 0.1) is 4.90 Å². The Kier molecular flexibility index (Phi) is 5.01. The van der Waals surface area contributed by atoms with Crippen LogP contribution in [0.25, 0.3) is 0 Å². The van der Waals surface area contributed by atoms with E-state index in [1.54, 1.807) is 24.3 Å². The molecule has 116 valence electrons. The van der Waals surface area contributed by atoms with Crippen LogP contribution in [0.1, 0.15) is 22.8 Å². The van der Waals surface area contributed by atoms with Crippen molar-refractivity contribution in [2.24, 2.45) is 0 Å². The lowest BCUT2D eigenvalue weighted by Crippen LogP contribution is -2.26. The van der Waals surface area contributed by atoms with Gasteiger partial charge in [0, 0.05) is 24.2 Å². The number of rotatable bonds is 5. The summed E-state index contributed by atoms with van der Waals surface area (Å²) in [7, 11) is -2.08. The van der Waals surface area contributed by atoms with Crippen LogP contribution >= 0.6 is 11.6 Å². The summed E-state index contributed by atoms with van der Waals surface area (Å²) in [4.78, 5) is 11.4. The molecular formula is C16H16ClNO3S. The van der Waals surface area contributed by atoms with E-state index in [0.717, 1.165) is 5.56 Å². The number of carbonyl (C=O) groups is 1. The fraction of sp³-hybridized carbons (Fsp3) is 0.188. The summed E-state index contributed by atoms with van der Waals surface area (Å²) < 4.78 is 26.3. The lowest BCUT2D eigenvalue weighted by molar-refractivity contribution is 0.101. The minimum atomic E-state index is -3.60. The Morgan fingerprint density at radius 1 is 1.05 bits per heavy atom. The van der Waals surface area contributed by atoms with E-state index in [1.807, 2.05) is 0 Å². The van der Waals surface area contributed by atoms with Gasteiger partial charge in [0.25, 0.3) is 0 Å². The zero-order chi connectivity index (χ0) is 16.3. The summed E-state index contributed by atoms with van der Waals surface area (Å²) in [6, 6.07) is 12.9. The molecule has 0 aliphatic carbocycles. The van der Waals surface area contributed by atoms with Gasteiger partial charge in [-0.3, -0.25) is 4.79 Å². The third kappa shape index (κ3) is 3.74. The van der Waals surface area contributed by atoms with E-state index < -0.39 is 10.0 Å². The van der Waals surface area contributed by atoms with Gasteiger partial charge in [-0.1, -0.05) is 35.9 Å². The van der Waals surface area contributed by atoms with E-state index >= 15 is 0 Å². The third-order valence-electron chi connectivity index (χ3n) is 3.29. The Bertz CT molecular complexity index is 768. The molecule has 22 heavy (non-hydrogen) atoms. The maximum Gasteiger partial charge on any atom is 0.243 e. The second kappa shape index (κ2) is 6.60. The molecule has 0 atom stereocenters. The van der Waals surface area contributed by atoms with Gasteiger partial charge in [-0.2, -0.15) is 4.31 Å². The SMILES string of the molecule is CC(=O)c1ccc(S(=O)(=O)N(C)Cc2ccc(Cl)cc2)cc1. The predicted molar refractivity (Wildman–Crippen MR) is 86.6 cm³/mol. The zero-order valence-corrected chi connectivity index (χ0v) is 13.9. The smallest absolute Gasteiger partial charge is 0.243 e. The van der Waals surface area contributed by atoms with E-state index in [0.29, 0.717) is 10.6 Å². The number of hydrogen-bond acceptors (Lipinski definition) is 3. The van der Waals surface area contributed by atoms with Crippen LogP contribution in [0.2, 0.25) is 5.02 Å². The number of Topliss-reactive ketones (excluding diaryl/α,β-unsaturated/α-hetero) is 1. The molecule has 0 amide bonds. The summed E-state index contributed by atoms with van der Waals surface area (Å²) in [5, 5.41) is 0.606. The van der Waals surface area contributed by atoms with Gasteiger partial charge >= 0.3 is 0 Å². The van der Waals surface area contributed by atoms with Crippen LogP contribution in [0.4, 0.5) is 0 Å². The van der Waals surface area contributed by atoms with Crippen molar-refractivity contribution >= 4 is 27.4 Å². The zero-order valence-electron chi connectivity index (χ0n) is 12.3. The molecule has 0 fully saturated rings. The first kappa shape index (κ1) is 16.7. The predicted octanol–water partition coefficient (Wildman–Crippen LogP) is 3.36. The molecule has 0 bridgehead atoms. The van der Waals surface area contributed by atoms with Crippen LogP contribution < -0.4 is 0 Å². The van der Waals surface area contributed by atoms with E-state index in [-0.39, 0.29) is 17.2 Å². The minimum Gasteiger partial charge on any atom is -0.295 e. The van der Waals surface area contributed by atoms with Crippen molar-refractivity contribution in [2.75, 3.05) is 7.05 Å². The van der Waals surface area contributed by atoms with Crippen LogP contribution in [0, 0.1) is 0 Å². The van der Waals surface area contributed by atoms with Gasteiger partial charge in [0.15, 0.2) is 5.78 Å². The van der Waals surface area contributed by atoms with E-state index in [2.05, 4.69) is 0 Å². The van der Waals surface area contributed by atoms with Crippen molar-refractivity contribution in [1.82, 2.24) is 4.31 Å². The molecule has 0 aliphatic heterocycles. The van der Waals surface area contributed by atoms with Crippen molar-refractivity contribution in [3.63, 3.8) is 0 Å². The Labute approximate surface area is 135 Å². The van der Waals surface area contributed by atoms with Gasteiger partial charge in [-0.05, 0) is 36.8 Å². The maximum absolute atomic E-state index is 12.5. The standard InChI is InChI=1S/C16H16ClNO3S/c1-12(19)14-5-9-16(10-6-14)22(20,21)18(2)11-13-3-7-15(17)8-4-13/h3-10H,11H2,1-2H3. The summed E-state index contributed by atoms with van der Waals surface area (Å²) in [6.45, 7) is 1.68. The lowest BCUT2D eigenvalue weighted by atomic mass is 10.2. The van der Waals surface area contributed by atoms with Gasteiger partial charge < -0.3 is 0 Å². The second-order valence-corrected chi connectivity index (χ2v) is 7.45. The number of hydrogen-bond donors (Lipinski definition) is 0. The molecule has 0 spiro atoms. The first-order valence-electron chi connectivity index (χ1n) is 6.62. The molecule has 6 heteroatoms. The molecular weight excluding hydrogens is 322 g/mol. The molecule has 0 unspecified atom stereocenters. The van der Waals surface area contributed by atoms with Gasteiger partial charge in [0.1, 0.15) is 0 Å². The highest BCUT2D eigenvalue weighted by atomic mass is 35.5. The van der Waals surface area contributed by atoms with E-state index in [4.69, 9.17) is 11.6 Å². The minimum absolute atomic E-state index is 0.0986. The first-order chi connectivity index (χ1) is 10.3. The molecule has 0 aromatic heterocycles. The number of nitrogens with zero attached hydrogens (tertiary/aromatic N) is 1. The summed E-state index contributed by atoms with van der Waals surface area (Å²) in [6.07, 6.45) is 0.